The van der Waals surface area contributed by atoms with Crippen LogP contribution in [-0.4, -0.2) is 34.0 Å². The molecule has 2 aromatic carbocycles. The molecule has 0 aliphatic heterocycles. The number of amides is 2. The number of carbonyl (C=O) groups is 2. The van der Waals surface area contributed by atoms with E-state index in [-0.39, 0.29) is 23.1 Å². The van der Waals surface area contributed by atoms with E-state index in [0.717, 1.165) is 14.9 Å². The lowest BCUT2D eigenvalue weighted by Crippen LogP contribution is -2.52. The molecule has 0 aliphatic rings. The van der Waals surface area contributed by atoms with Crippen molar-refractivity contribution in [3.63, 3.8) is 0 Å². The molecule has 4 nitrogen and oxygen atoms in total. The van der Waals surface area contributed by atoms with Gasteiger partial charge in [0.2, 0.25) is 11.8 Å². The topological polar surface area (TPSA) is 49.4 Å². The lowest BCUT2D eigenvalue weighted by Gasteiger charge is -2.31. The van der Waals surface area contributed by atoms with Crippen molar-refractivity contribution >= 4 is 39.5 Å². The molecule has 1 N–H and O–H groups in total. The van der Waals surface area contributed by atoms with E-state index in [9.17, 15) is 9.59 Å². The summed E-state index contributed by atoms with van der Waals surface area (Å²) in [4.78, 5) is 28.5. The molecule has 0 spiro atoms. The normalized spacial score (nSPS) is 12.3. The lowest BCUT2D eigenvalue weighted by atomic mass is 10.1. The third-order valence-corrected chi connectivity index (χ3v) is 5.78. The van der Waals surface area contributed by atoms with Gasteiger partial charge in [-0.25, -0.2) is 0 Å². The smallest absolute Gasteiger partial charge is 0.242 e. The molecular weight excluding hydrogens is 448 g/mol. The molecule has 1 atom stereocenters. The zero-order valence-corrected chi connectivity index (χ0v) is 20.1. The van der Waals surface area contributed by atoms with Crippen LogP contribution in [0.4, 0.5) is 0 Å². The van der Waals surface area contributed by atoms with Crippen molar-refractivity contribution in [2.45, 2.75) is 57.6 Å². The summed E-state index contributed by atoms with van der Waals surface area (Å²) in [5.74, 6) is 0.0674. The molecule has 2 rings (SSSR count). The van der Waals surface area contributed by atoms with Crippen LogP contribution in [0.1, 0.15) is 38.8 Å². The number of nitrogens with zero attached hydrogens (tertiary/aromatic N) is 1. The van der Waals surface area contributed by atoms with Gasteiger partial charge < -0.3 is 10.2 Å². The molecule has 0 heterocycles. The van der Waals surface area contributed by atoms with E-state index in [1.54, 1.807) is 11.8 Å². The molecule has 2 amide bonds. The third-order valence-electron chi connectivity index (χ3n) is 4.29. The van der Waals surface area contributed by atoms with E-state index in [1.165, 1.54) is 17.3 Å². The van der Waals surface area contributed by atoms with Crippen LogP contribution in [0.5, 0.6) is 0 Å². The summed E-state index contributed by atoms with van der Waals surface area (Å²) in [6, 6.07) is 15.3. The Morgan fingerprint density at radius 2 is 1.79 bits per heavy atom. The predicted molar refractivity (Wildman–Crippen MR) is 124 cm³/mol. The van der Waals surface area contributed by atoms with Gasteiger partial charge in [-0.1, -0.05) is 45.8 Å². The Morgan fingerprint density at radius 3 is 2.38 bits per heavy atom. The van der Waals surface area contributed by atoms with E-state index >= 15 is 0 Å². The molecule has 0 saturated carbocycles. The minimum Gasteiger partial charge on any atom is -0.350 e. The van der Waals surface area contributed by atoms with Crippen molar-refractivity contribution in [2.24, 2.45) is 0 Å². The SMILES string of the molecule is Cc1ccc(SCC(=O)N(Cc2cccc(Br)c2)[C@H](C)C(=O)NC(C)(C)C)cc1. The Labute approximate surface area is 186 Å². The zero-order valence-electron chi connectivity index (χ0n) is 17.7. The summed E-state index contributed by atoms with van der Waals surface area (Å²) in [6.07, 6.45) is 0. The first kappa shape index (κ1) is 23.5. The predicted octanol–water partition coefficient (Wildman–Crippen LogP) is 5.18. The van der Waals surface area contributed by atoms with Crippen molar-refractivity contribution in [2.75, 3.05) is 5.75 Å². The van der Waals surface area contributed by atoms with Crippen molar-refractivity contribution < 1.29 is 9.59 Å². The number of halogens is 1. The fourth-order valence-corrected chi connectivity index (χ4v) is 3.98. The monoisotopic (exact) mass is 476 g/mol. The average Bonchev–Trinajstić information content (AvgIpc) is 2.63. The van der Waals surface area contributed by atoms with Crippen molar-refractivity contribution in [1.29, 1.82) is 0 Å². The lowest BCUT2D eigenvalue weighted by molar-refractivity contribution is -0.139. The first-order valence-corrected chi connectivity index (χ1v) is 11.4. The van der Waals surface area contributed by atoms with Gasteiger partial charge in [0.1, 0.15) is 6.04 Å². The van der Waals surface area contributed by atoms with Crippen LogP contribution in [0.3, 0.4) is 0 Å². The Kier molecular flexibility index (Phi) is 8.34. The van der Waals surface area contributed by atoms with Crippen LogP contribution in [0.15, 0.2) is 57.9 Å². The van der Waals surface area contributed by atoms with E-state index in [2.05, 4.69) is 21.2 Å². The van der Waals surface area contributed by atoms with E-state index in [1.807, 2.05) is 76.2 Å². The second-order valence-electron chi connectivity index (χ2n) is 8.17. The number of benzene rings is 2. The van der Waals surface area contributed by atoms with Crippen LogP contribution in [0.2, 0.25) is 0 Å². The van der Waals surface area contributed by atoms with Crippen molar-refractivity contribution in [3.8, 4) is 0 Å². The molecule has 0 radical (unpaired) electrons. The number of thioether (sulfide) groups is 1. The van der Waals surface area contributed by atoms with Gasteiger partial charge in [0.05, 0.1) is 5.75 Å². The zero-order chi connectivity index (χ0) is 21.6. The molecule has 29 heavy (non-hydrogen) atoms. The Bertz CT molecular complexity index is 847. The minimum absolute atomic E-state index is 0.0629. The van der Waals surface area contributed by atoms with Crippen molar-refractivity contribution in [3.05, 3.63) is 64.1 Å². The van der Waals surface area contributed by atoms with Gasteiger partial charge in [0.25, 0.3) is 0 Å². The quantitative estimate of drug-likeness (QED) is 0.559. The second-order valence-corrected chi connectivity index (χ2v) is 10.1. The summed E-state index contributed by atoms with van der Waals surface area (Å²) in [5, 5.41) is 2.98. The number of carbonyl (C=O) groups excluding carboxylic acids is 2. The minimum atomic E-state index is -0.570. The second kappa shape index (κ2) is 10.3. The van der Waals surface area contributed by atoms with Crippen LogP contribution < -0.4 is 5.32 Å². The molecule has 0 bridgehead atoms. The molecule has 2 aromatic rings. The number of hydrogen-bond acceptors (Lipinski definition) is 3. The molecule has 0 unspecified atom stereocenters. The molecule has 0 aromatic heterocycles. The Morgan fingerprint density at radius 1 is 1.14 bits per heavy atom. The van der Waals surface area contributed by atoms with Gasteiger partial charge in [0.15, 0.2) is 0 Å². The highest BCUT2D eigenvalue weighted by Crippen LogP contribution is 2.21. The molecule has 0 aliphatic carbocycles. The molecule has 6 heteroatoms. The van der Waals surface area contributed by atoms with Gasteiger partial charge in [0, 0.05) is 21.5 Å². The fraction of sp³-hybridized carbons (Fsp3) is 0.391. The number of nitrogens with one attached hydrogen (secondary N) is 1. The fourth-order valence-electron chi connectivity index (χ4n) is 2.75. The Balaban J connectivity index is 2.16. The van der Waals surface area contributed by atoms with Gasteiger partial charge in [-0.3, -0.25) is 9.59 Å². The number of hydrogen-bond donors (Lipinski definition) is 1. The highest BCUT2D eigenvalue weighted by Gasteiger charge is 2.28. The van der Waals surface area contributed by atoms with E-state index < -0.39 is 6.04 Å². The van der Waals surface area contributed by atoms with Crippen molar-refractivity contribution in [1.82, 2.24) is 10.2 Å². The molecular formula is C23H29BrN2O2S. The molecule has 0 saturated heterocycles. The summed E-state index contributed by atoms with van der Waals surface area (Å²) >= 11 is 4.96. The average molecular weight is 477 g/mol. The van der Waals surface area contributed by atoms with Crippen LogP contribution in [-0.2, 0) is 16.1 Å². The van der Waals surface area contributed by atoms with Crippen LogP contribution in [0.25, 0.3) is 0 Å². The van der Waals surface area contributed by atoms with Crippen LogP contribution in [0, 0.1) is 6.92 Å². The maximum atomic E-state index is 13.1. The first-order chi connectivity index (χ1) is 13.5. The van der Waals surface area contributed by atoms with Gasteiger partial charge >= 0.3 is 0 Å². The van der Waals surface area contributed by atoms with Gasteiger partial charge in [-0.2, -0.15) is 0 Å². The summed E-state index contributed by atoms with van der Waals surface area (Å²) in [6.45, 7) is 10.0. The van der Waals surface area contributed by atoms with E-state index in [0.29, 0.717) is 6.54 Å². The maximum Gasteiger partial charge on any atom is 0.242 e. The highest BCUT2D eigenvalue weighted by molar-refractivity contribution is 9.10. The Hall–Kier alpha value is -1.79. The highest BCUT2D eigenvalue weighted by atomic mass is 79.9. The van der Waals surface area contributed by atoms with E-state index in [4.69, 9.17) is 0 Å². The summed E-state index contributed by atoms with van der Waals surface area (Å²) in [7, 11) is 0. The van der Waals surface area contributed by atoms with Gasteiger partial charge in [-0.15, -0.1) is 11.8 Å². The summed E-state index contributed by atoms with van der Waals surface area (Å²) < 4.78 is 0.947. The first-order valence-electron chi connectivity index (χ1n) is 9.60. The largest absolute Gasteiger partial charge is 0.350 e. The number of aryl methyl sites for hydroxylation is 1. The third kappa shape index (κ3) is 7.86. The van der Waals surface area contributed by atoms with Crippen LogP contribution >= 0.6 is 27.7 Å². The summed E-state index contributed by atoms with van der Waals surface area (Å²) in [5.41, 5.74) is 1.81. The number of rotatable bonds is 7. The molecule has 0 fully saturated rings. The maximum absolute atomic E-state index is 13.1. The van der Waals surface area contributed by atoms with Gasteiger partial charge in [-0.05, 0) is 64.4 Å². The standard InChI is InChI=1S/C23H29BrN2O2S/c1-16-9-11-20(12-10-16)29-15-21(27)26(14-18-7-6-8-19(24)13-18)17(2)22(28)25-23(3,4)5/h6-13,17H,14-15H2,1-5H3,(H,25,28)/t17-/m1/s1. The molecule has 156 valence electrons.